The highest BCUT2D eigenvalue weighted by atomic mass is 16.7. The molecule has 2 aliphatic rings. The number of benzene rings is 1. The Labute approximate surface area is 165 Å². The van der Waals surface area contributed by atoms with Crippen LogP contribution < -0.4 is 4.74 Å². The number of aliphatic hydroxyl groups excluding tert-OH is 1. The van der Waals surface area contributed by atoms with Crippen molar-refractivity contribution in [1.82, 2.24) is 0 Å². The van der Waals surface area contributed by atoms with Gasteiger partial charge in [-0.1, -0.05) is 24.3 Å². The van der Waals surface area contributed by atoms with E-state index in [4.69, 9.17) is 23.7 Å². The summed E-state index contributed by atoms with van der Waals surface area (Å²) in [4.78, 5) is 12.5. The molecule has 2 heterocycles. The van der Waals surface area contributed by atoms with Crippen molar-refractivity contribution in [3.63, 3.8) is 0 Å². The molecular weight excluding hydrogens is 364 g/mol. The molecule has 0 radical (unpaired) electrons. The third kappa shape index (κ3) is 5.11. The summed E-state index contributed by atoms with van der Waals surface area (Å²) in [5, 5.41) is 10.3. The van der Waals surface area contributed by atoms with E-state index in [0.29, 0.717) is 0 Å². The van der Waals surface area contributed by atoms with Crippen molar-refractivity contribution in [2.75, 3.05) is 13.7 Å². The minimum atomic E-state index is -1.10. The zero-order valence-corrected chi connectivity index (χ0v) is 16.7. The number of rotatable bonds is 3. The van der Waals surface area contributed by atoms with E-state index in [0.717, 1.165) is 11.3 Å². The van der Waals surface area contributed by atoms with E-state index in [2.05, 4.69) is 0 Å². The molecule has 0 aromatic heterocycles. The van der Waals surface area contributed by atoms with Gasteiger partial charge in [0.1, 0.15) is 23.6 Å². The van der Waals surface area contributed by atoms with E-state index in [1.165, 1.54) is 0 Å². The van der Waals surface area contributed by atoms with Gasteiger partial charge in [0.05, 0.1) is 19.8 Å². The maximum atomic E-state index is 12.5. The summed E-state index contributed by atoms with van der Waals surface area (Å²) in [5.41, 5.74) is 0.190. The van der Waals surface area contributed by atoms with Gasteiger partial charge in [-0.2, -0.15) is 0 Å². The first-order chi connectivity index (χ1) is 13.3. The Morgan fingerprint density at radius 2 is 1.89 bits per heavy atom. The van der Waals surface area contributed by atoms with Crippen LogP contribution in [0.5, 0.6) is 5.75 Å². The van der Waals surface area contributed by atoms with Crippen molar-refractivity contribution in [3.05, 3.63) is 42.0 Å². The van der Waals surface area contributed by atoms with Crippen molar-refractivity contribution in [2.45, 2.75) is 63.5 Å². The van der Waals surface area contributed by atoms with Crippen LogP contribution in [0.25, 0.3) is 0 Å². The van der Waals surface area contributed by atoms with Crippen LogP contribution in [0, 0.1) is 0 Å². The first-order valence-corrected chi connectivity index (χ1v) is 9.41. The third-order valence-corrected chi connectivity index (χ3v) is 4.46. The fraction of sp³-hybridized carbons (Fsp3) is 0.571. The minimum absolute atomic E-state index is 0.220. The van der Waals surface area contributed by atoms with E-state index in [-0.39, 0.29) is 13.0 Å². The number of methoxy groups -OCH3 is 1. The molecule has 0 unspecified atom stereocenters. The van der Waals surface area contributed by atoms with E-state index in [1.807, 2.05) is 30.3 Å². The van der Waals surface area contributed by atoms with E-state index < -0.39 is 42.3 Å². The molecular formula is C21H28O7. The molecule has 1 aromatic rings. The lowest BCUT2D eigenvalue weighted by Gasteiger charge is -2.38. The van der Waals surface area contributed by atoms with Crippen LogP contribution in [0.3, 0.4) is 0 Å². The number of aliphatic hydroxyl groups is 1. The molecule has 1 N–H and O–H groups in total. The summed E-state index contributed by atoms with van der Waals surface area (Å²) < 4.78 is 28.3. The second kappa shape index (κ2) is 8.61. The zero-order chi connectivity index (χ0) is 20.3. The molecule has 28 heavy (non-hydrogen) atoms. The highest BCUT2D eigenvalue weighted by molar-refractivity contribution is 5.76. The van der Waals surface area contributed by atoms with E-state index in [1.54, 1.807) is 34.0 Å². The van der Waals surface area contributed by atoms with Crippen LogP contribution in [0.4, 0.5) is 0 Å². The number of esters is 1. The molecule has 7 heteroatoms. The number of carbonyl (C=O) groups excluding carboxylic acids is 1. The van der Waals surface area contributed by atoms with Gasteiger partial charge in [0, 0.05) is 5.56 Å². The first kappa shape index (κ1) is 20.8. The topological polar surface area (TPSA) is 83.5 Å². The van der Waals surface area contributed by atoms with Gasteiger partial charge in [0.15, 0.2) is 12.4 Å². The second-order valence-electron chi connectivity index (χ2n) is 7.90. The molecule has 0 bridgehead atoms. The molecule has 7 nitrogen and oxygen atoms in total. The molecule has 0 saturated carbocycles. The molecule has 3 rings (SSSR count). The molecule has 0 aliphatic carbocycles. The largest absolute Gasteiger partial charge is 0.497 e. The lowest BCUT2D eigenvalue weighted by Crippen LogP contribution is -2.50. The van der Waals surface area contributed by atoms with E-state index >= 15 is 0 Å². The summed E-state index contributed by atoms with van der Waals surface area (Å²) in [7, 11) is 1.61. The standard InChI is InChI=1S/C21H28O7/c1-21(2,3)28-19(23)18-15(22)6-5-7-16-17(26-18)12-25-20(27-16)13-8-10-14(24-4)11-9-13/h5,7-11,15-18,20,22H,6,12H2,1-4H3/b7-5-/t15-,16-,17+,18-,20+/m0/s1. The van der Waals surface area contributed by atoms with E-state index in [9.17, 15) is 9.90 Å². The third-order valence-electron chi connectivity index (χ3n) is 4.46. The summed E-state index contributed by atoms with van der Waals surface area (Å²) in [6, 6.07) is 7.44. The summed E-state index contributed by atoms with van der Waals surface area (Å²) in [6.07, 6.45) is 0.343. The molecule has 2 aliphatic heterocycles. The SMILES string of the molecule is COc1ccc([C@@H]2OC[C@H]3O[C@H](C(=O)OC(C)(C)C)[C@@H](O)C/C=C\[C@@H]3O2)cc1. The van der Waals surface area contributed by atoms with Gasteiger partial charge in [-0.25, -0.2) is 4.79 Å². The smallest absolute Gasteiger partial charge is 0.338 e. The summed E-state index contributed by atoms with van der Waals surface area (Å²) >= 11 is 0. The van der Waals surface area contributed by atoms with Gasteiger partial charge in [-0.3, -0.25) is 0 Å². The number of hydrogen-bond acceptors (Lipinski definition) is 7. The van der Waals surface area contributed by atoms with Crippen molar-refractivity contribution in [1.29, 1.82) is 0 Å². The average molecular weight is 392 g/mol. The summed E-state index contributed by atoms with van der Waals surface area (Å²) in [5.74, 6) is 0.159. The average Bonchev–Trinajstić information content (AvgIpc) is 2.63. The maximum absolute atomic E-state index is 12.5. The fourth-order valence-electron chi connectivity index (χ4n) is 3.10. The quantitative estimate of drug-likeness (QED) is 0.625. The van der Waals surface area contributed by atoms with Gasteiger partial charge in [0.25, 0.3) is 0 Å². The van der Waals surface area contributed by atoms with Crippen LogP contribution in [0.15, 0.2) is 36.4 Å². The Balaban J connectivity index is 1.71. The van der Waals surface area contributed by atoms with Crippen molar-refractivity contribution in [3.8, 4) is 5.75 Å². The van der Waals surface area contributed by atoms with Crippen LogP contribution in [-0.4, -0.2) is 54.8 Å². The monoisotopic (exact) mass is 392 g/mol. The molecule has 1 saturated heterocycles. The number of ether oxygens (including phenoxy) is 5. The Bertz CT molecular complexity index is 692. The Kier molecular flexibility index (Phi) is 6.40. The molecule has 0 spiro atoms. The predicted molar refractivity (Wildman–Crippen MR) is 101 cm³/mol. The Morgan fingerprint density at radius 1 is 1.18 bits per heavy atom. The van der Waals surface area contributed by atoms with Crippen LogP contribution in [0.2, 0.25) is 0 Å². The van der Waals surface area contributed by atoms with Gasteiger partial charge in [0.2, 0.25) is 0 Å². The van der Waals surface area contributed by atoms with Crippen LogP contribution >= 0.6 is 0 Å². The predicted octanol–water partition coefficient (Wildman–Crippen LogP) is 2.53. The van der Waals surface area contributed by atoms with Crippen molar-refractivity contribution < 1.29 is 33.6 Å². The fourth-order valence-corrected chi connectivity index (χ4v) is 3.10. The lowest BCUT2D eigenvalue weighted by molar-refractivity contribution is -0.268. The number of carbonyl (C=O) groups is 1. The molecule has 154 valence electrons. The lowest BCUT2D eigenvalue weighted by atomic mass is 10.0. The zero-order valence-electron chi connectivity index (χ0n) is 16.7. The molecule has 0 amide bonds. The van der Waals surface area contributed by atoms with Crippen molar-refractivity contribution >= 4 is 5.97 Å². The number of fused-ring (bicyclic) bond motifs is 1. The van der Waals surface area contributed by atoms with Crippen LogP contribution in [0.1, 0.15) is 39.0 Å². The highest BCUT2D eigenvalue weighted by Gasteiger charge is 2.40. The van der Waals surface area contributed by atoms with Crippen LogP contribution in [-0.2, 0) is 23.7 Å². The highest BCUT2D eigenvalue weighted by Crippen LogP contribution is 2.31. The molecule has 1 fully saturated rings. The van der Waals surface area contributed by atoms with Gasteiger partial charge in [-0.15, -0.1) is 0 Å². The normalized spacial score (nSPS) is 31.8. The van der Waals surface area contributed by atoms with Gasteiger partial charge >= 0.3 is 5.97 Å². The summed E-state index contributed by atoms with van der Waals surface area (Å²) in [6.45, 7) is 5.54. The van der Waals surface area contributed by atoms with Gasteiger partial charge < -0.3 is 28.8 Å². The Morgan fingerprint density at radius 3 is 2.54 bits per heavy atom. The first-order valence-electron chi connectivity index (χ1n) is 9.41. The second-order valence-corrected chi connectivity index (χ2v) is 7.90. The minimum Gasteiger partial charge on any atom is -0.497 e. The van der Waals surface area contributed by atoms with Gasteiger partial charge in [-0.05, 0) is 39.3 Å². The molecule has 5 atom stereocenters. The van der Waals surface area contributed by atoms with Crippen molar-refractivity contribution in [2.24, 2.45) is 0 Å². The maximum Gasteiger partial charge on any atom is 0.338 e. The number of hydrogen-bond donors (Lipinski definition) is 1. The Hall–Kier alpha value is -1.93. The molecule has 1 aromatic carbocycles.